The molecule has 72 valence electrons. The molecule has 0 aliphatic carbocycles. The number of phenolic OH excluding ortho intramolecular Hbond substituents is 1. The lowest BCUT2D eigenvalue weighted by atomic mass is 10.1. The minimum Gasteiger partial charge on any atom is -0.507 e. The van der Waals surface area contributed by atoms with Gasteiger partial charge in [0.15, 0.2) is 0 Å². The number of carboxylic acid groups (broad SMARTS) is 1. The van der Waals surface area contributed by atoms with Crippen molar-refractivity contribution in [3.05, 3.63) is 29.5 Å². The molecule has 0 bridgehead atoms. The second kappa shape index (κ2) is 2.77. The van der Waals surface area contributed by atoms with Crippen LogP contribution in [0.2, 0.25) is 0 Å². The Labute approximate surface area is 79.8 Å². The molecule has 4 nitrogen and oxygen atoms in total. The van der Waals surface area contributed by atoms with Crippen LogP contribution in [0, 0.1) is 6.92 Å². The average Bonchev–Trinajstić information content (AvgIpc) is 2.56. The Balaban J connectivity index is 2.90. The standard InChI is InChI=1S/C10H9NO3/c1-5-2-3-7(12)8-6(10(13)14)4-11-9(5)8/h2-4,11-12H,1H3,(H,13,14). The van der Waals surface area contributed by atoms with E-state index in [0.29, 0.717) is 10.9 Å². The van der Waals surface area contributed by atoms with E-state index in [2.05, 4.69) is 4.98 Å². The number of fused-ring (bicyclic) bond motifs is 1. The van der Waals surface area contributed by atoms with Gasteiger partial charge in [0.1, 0.15) is 5.75 Å². The molecular weight excluding hydrogens is 182 g/mol. The fourth-order valence-electron chi connectivity index (χ4n) is 1.54. The maximum atomic E-state index is 10.8. The van der Waals surface area contributed by atoms with E-state index in [0.717, 1.165) is 5.56 Å². The molecule has 0 aliphatic rings. The lowest BCUT2D eigenvalue weighted by Crippen LogP contribution is -1.93. The van der Waals surface area contributed by atoms with Crippen molar-refractivity contribution in [2.75, 3.05) is 0 Å². The quantitative estimate of drug-likeness (QED) is 0.644. The van der Waals surface area contributed by atoms with Crippen molar-refractivity contribution >= 4 is 16.9 Å². The van der Waals surface area contributed by atoms with Gasteiger partial charge in [-0.1, -0.05) is 6.07 Å². The molecule has 0 saturated heterocycles. The normalized spacial score (nSPS) is 10.6. The number of aromatic amines is 1. The summed E-state index contributed by atoms with van der Waals surface area (Å²) in [7, 11) is 0. The summed E-state index contributed by atoms with van der Waals surface area (Å²) in [6, 6.07) is 3.23. The van der Waals surface area contributed by atoms with Gasteiger partial charge in [0.25, 0.3) is 0 Å². The first-order valence-corrected chi connectivity index (χ1v) is 4.14. The molecule has 4 heteroatoms. The number of hydrogen-bond acceptors (Lipinski definition) is 2. The van der Waals surface area contributed by atoms with Crippen LogP contribution < -0.4 is 0 Å². The molecule has 0 spiro atoms. The fourth-order valence-corrected chi connectivity index (χ4v) is 1.54. The van der Waals surface area contributed by atoms with Crippen molar-refractivity contribution in [2.24, 2.45) is 0 Å². The second-order valence-corrected chi connectivity index (χ2v) is 3.16. The highest BCUT2D eigenvalue weighted by molar-refractivity contribution is 6.06. The minimum atomic E-state index is -1.04. The number of nitrogens with one attached hydrogen (secondary N) is 1. The van der Waals surface area contributed by atoms with Crippen molar-refractivity contribution in [3.63, 3.8) is 0 Å². The van der Waals surface area contributed by atoms with E-state index in [1.54, 1.807) is 6.07 Å². The van der Waals surface area contributed by atoms with Gasteiger partial charge in [0.05, 0.1) is 16.5 Å². The zero-order valence-corrected chi connectivity index (χ0v) is 7.53. The van der Waals surface area contributed by atoms with Gasteiger partial charge in [0.2, 0.25) is 0 Å². The van der Waals surface area contributed by atoms with E-state index in [4.69, 9.17) is 5.11 Å². The molecule has 14 heavy (non-hydrogen) atoms. The number of benzene rings is 1. The zero-order chi connectivity index (χ0) is 10.3. The third kappa shape index (κ3) is 1.04. The van der Waals surface area contributed by atoms with E-state index in [1.807, 2.05) is 6.92 Å². The van der Waals surface area contributed by atoms with Crippen molar-refractivity contribution in [3.8, 4) is 5.75 Å². The van der Waals surface area contributed by atoms with E-state index in [-0.39, 0.29) is 11.3 Å². The topological polar surface area (TPSA) is 73.3 Å². The summed E-state index contributed by atoms with van der Waals surface area (Å²) >= 11 is 0. The van der Waals surface area contributed by atoms with Crippen LogP contribution in [0.25, 0.3) is 10.9 Å². The molecule has 0 amide bonds. The van der Waals surface area contributed by atoms with E-state index >= 15 is 0 Å². The average molecular weight is 191 g/mol. The van der Waals surface area contributed by atoms with Crippen molar-refractivity contribution < 1.29 is 15.0 Å². The van der Waals surface area contributed by atoms with Crippen LogP contribution in [0.15, 0.2) is 18.3 Å². The third-order valence-electron chi connectivity index (χ3n) is 2.25. The van der Waals surface area contributed by atoms with Crippen LogP contribution in [0.1, 0.15) is 15.9 Å². The SMILES string of the molecule is Cc1ccc(O)c2c(C(=O)O)c[nH]c12. The zero-order valence-electron chi connectivity index (χ0n) is 7.53. The molecule has 0 atom stereocenters. The molecule has 0 aliphatic heterocycles. The first-order valence-electron chi connectivity index (χ1n) is 4.14. The first kappa shape index (κ1) is 8.62. The van der Waals surface area contributed by atoms with Crippen LogP contribution in [-0.2, 0) is 0 Å². The van der Waals surface area contributed by atoms with E-state index in [9.17, 15) is 9.90 Å². The molecule has 3 N–H and O–H groups in total. The van der Waals surface area contributed by atoms with Gasteiger partial charge in [-0.2, -0.15) is 0 Å². The van der Waals surface area contributed by atoms with Crippen LogP contribution in [0.4, 0.5) is 0 Å². The Hall–Kier alpha value is -1.97. The Morgan fingerprint density at radius 3 is 2.79 bits per heavy atom. The summed E-state index contributed by atoms with van der Waals surface area (Å²) in [4.78, 5) is 13.6. The summed E-state index contributed by atoms with van der Waals surface area (Å²) in [5.41, 5.74) is 1.67. The predicted molar refractivity (Wildman–Crippen MR) is 51.7 cm³/mol. The van der Waals surface area contributed by atoms with E-state index in [1.165, 1.54) is 12.3 Å². The molecule has 0 fully saturated rings. The maximum absolute atomic E-state index is 10.8. The van der Waals surface area contributed by atoms with Gasteiger partial charge in [-0.25, -0.2) is 4.79 Å². The van der Waals surface area contributed by atoms with Crippen LogP contribution in [0.3, 0.4) is 0 Å². The molecule has 1 heterocycles. The molecular formula is C10H9NO3. The van der Waals surface area contributed by atoms with Gasteiger partial charge >= 0.3 is 5.97 Å². The van der Waals surface area contributed by atoms with Crippen molar-refractivity contribution in [1.82, 2.24) is 4.98 Å². The van der Waals surface area contributed by atoms with Gasteiger partial charge in [-0.05, 0) is 18.6 Å². The number of aryl methyl sites for hydroxylation is 1. The van der Waals surface area contributed by atoms with Crippen LogP contribution >= 0.6 is 0 Å². The smallest absolute Gasteiger partial charge is 0.338 e. The largest absolute Gasteiger partial charge is 0.507 e. The molecule has 0 radical (unpaired) electrons. The molecule has 0 saturated carbocycles. The van der Waals surface area contributed by atoms with Crippen LogP contribution in [0.5, 0.6) is 5.75 Å². The van der Waals surface area contributed by atoms with E-state index < -0.39 is 5.97 Å². The maximum Gasteiger partial charge on any atom is 0.338 e. The van der Waals surface area contributed by atoms with Gasteiger partial charge in [0, 0.05) is 6.20 Å². The number of aromatic nitrogens is 1. The summed E-state index contributed by atoms with van der Waals surface area (Å²) in [6.07, 6.45) is 1.39. The first-order chi connectivity index (χ1) is 6.61. The number of phenols is 1. The summed E-state index contributed by atoms with van der Waals surface area (Å²) in [6.45, 7) is 1.85. The number of aromatic carboxylic acids is 1. The summed E-state index contributed by atoms with van der Waals surface area (Å²) in [5, 5.41) is 18.8. The molecule has 2 aromatic rings. The van der Waals surface area contributed by atoms with Gasteiger partial charge < -0.3 is 15.2 Å². The second-order valence-electron chi connectivity index (χ2n) is 3.16. The number of carbonyl (C=O) groups is 1. The van der Waals surface area contributed by atoms with Gasteiger partial charge in [-0.15, -0.1) is 0 Å². The third-order valence-corrected chi connectivity index (χ3v) is 2.25. The lowest BCUT2D eigenvalue weighted by Gasteiger charge is -1.99. The number of aromatic hydroxyl groups is 1. The summed E-state index contributed by atoms with van der Waals surface area (Å²) in [5.74, 6) is -1.05. The number of H-pyrrole nitrogens is 1. The molecule has 0 unspecified atom stereocenters. The fraction of sp³-hybridized carbons (Fsp3) is 0.100. The number of carboxylic acids is 1. The Morgan fingerprint density at radius 2 is 2.14 bits per heavy atom. The number of hydrogen-bond donors (Lipinski definition) is 3. The number of rotatable bonds is 1. The Kier molecular flexibility index (Phi) is 1.70. The highest BCUT2D eigenvalue weighted by Gasteiger charge is 2.14. The molecule has 2 rings (SSSR count). The highest BCUT2D eigenvalue weighted by atomic mass is 16.4. The minimum absolute atomic E-state index is 0.00995. The Morgan fingerprint density at radius 1 is 1.43 bits per heavy atom. The van der Waals surface area contributed by atoms with Gasteiger partial charge in [-0.3, -0.25) is 0 Å². The Bertz CT molecular complexity index is 513. The monoisotopic (exact) mass is 191 g/mol. The summed E-state index contributed by atoms with van der Waals surface area (Å²) < 4.78 is 0. The van der Waals surface area contributed by atoms with Crippen molar-refractivity contribution in [2.45, 2.75) is 6.92 Å². The van der Waals surface area contributed by atoms with Crippen LogP contribution in [-0.4, -0.2) is 21.2 Å². The van der Waals surface area contributed by atoms with Crippen molar-refractivity contribution in [1.29, 1.82) is 0 Å². The highest BCUT2D eigenvalue weighted by Crippen LogP contribution is 2.29. The molecule has 1 aromatic heterocycles. The predicted octanol–water partition coefficient (Wildman–Crippen LogP) is 1.88. The molecule has 1 aromatic carbocycles. The lowest BCUT2D eigenvalue weighted by molar-refractivity contribution is 0.0699.